The summed E-state index contributed by atoms with van der Waals surface area (Å²) >= 11 is 0. The highest BCUT2D eigenvalue weighted by molar-refractivity contribution is 5.17. The lowest BCUT2D eigenvalue weighted by Gasteiger charge is -2.37. The molecule has 17 heavy (non-hydrogen) atoms. The minimum absolute atomic E-state index is 0.0689. The normalized spacial score (nSPS) is 29.2. The van der Waals surface area contributed by atoms with Gasteiger partial charge in [-0.1, -0.05) is 18.2 Å². The van der Waals surface area contributed by atoms with E-state index in [-0.39, 0.29) is 5.82 Å². The second kappa shape index (κ2) is 4.75. The summed E-state index contributed by atoms with van der Waals surface area (Å²) in [4.78, 5) is 2.45. The van der Waals surface area contributed by atoms with Crippen molar-refractivity contribution in [2.75, 3.05) is 19.6 Å². The van der Waals surface area contributed by atoms with E-state index in [1.807, 2.05) is 12.1 Å². The topological polar surface area (TPSA) is 15.3 Å². The number of fused-ring (bicyclic) bond motifs is 1. The highest BCUT2D eigenvalue weighted by Gasteiger charge is 2.34. The maximum atomic E-state index is 13.6. The van der Waals surface area contributed by atoms with Crippen LogP contribution < -0.4 is 5.32 Å². The Hall–Kier alpha value is -0.930. The molecule has 2 aliphatic heterocycles. The SMILES string of the molecule is Fc1ccccc1CN1CCCC2CNCC21. The van der Waals surface area contributed by atoms with E-state index in [2.05, 4.69) is 10.2 Å². The van der Waals surface area contributed by atoms with E-state index in [4.69, 9.17) is 0 Å². The molecule has 0 aromatic heterocycles. The van der Waals surface area contributed by atoms with Gasteiger partial charge in [0.25, 0.3) is 0 Å². The second-order valence-electron chi connectivity index (χ2n) is 5.19. The van der Waals surface area contributed by atoms with Crippen molar-refractivity contribution in [1.82, 2.24) is 10.2 Å². The summed E-state index contributed by atoms with van der Waals surface area (Å²) in [5.41, 5.74) is 0.833. The summed E-state index contributed by atoms with van der Waals surface area (Å²) in [6, 6.07) is 7.76. The third kappa shape index (κ3) is 2.22. The van der Waals surface area contributed by atoms with Crippen molar-refractivity contribution in [1.29, 1.82) is 0 Å². The number of halogens is 1. The van der Waals surface area contributed by atoms with E-state index in [0.29, 0.717) is 6.04 Å². The first-order valence-corrected chi connectivity index (χ1v) is 6.53. The molecule has 0 amide bonds. The number of rotatable bonds is 2. The van der Waals surface area contributed by atoms with Crippen LogP contribution in [-0.2, 0) is 6.54 Å². The molecule has 0 spiro atoms. The Bertz CT molecular complexity index is 394. The molecular weight excluding hydrogens is 215 g/mol. The fourth-order valence-electron chi connectivity index (χ4n) is 3.21. The van der Waals surface area contributed by atoms with Gasteiger partial charge in [-0.25, -0.2) is 4.39 Å². The zero-order valence-electron chi connectivity index (χ0n) is 10.0. The average Bonchev–Trinajstić information content (AvgIpc) is 2.81. The molecule has 92 valence electrons. The minimum Gasteiger partial charge on any atom is -0.315 e. The second-order valence-corrected chi connectivity index (χ2v) is 5.19. The molecule has 3 rings (SSSR count). The van der Waals surface area contributed by atoms with Crippen molar-refractivity contribution in [3.8, 4) is 0 Å². The lowest BCUT2D eigenvalue weighted by molar-refractivity contribution is 0.116. The summed E-state index contributed by atoms with van der Waals surface area (Å²) < 4.78 is 13.6. The van der Waals surface area contributed by atoms with Gasteiger partial charge in [-0.3, -0.25) is 4.90 Å². The molecule has 1 N–H and O–H groups in total. The van der Waals surface area contributed by atoms with E-state index < -0.39 is 0 Å². The van der Waals surface area contributed by atoms with Crippen LogP contribution in [0.2, 0.25) is 0 Å². The van der Waals surface area contributed by atoms with Crippen molar-refractivity contribution in [2.45, 2.75) is 25.4 Å². The van der Waals surface area contributed by atoms with Crippen LogP contribution in [0.3, 0.4) is 0 Å². The molecule has 2 unspecified atom stereocenters. The minimum atomic E-state index is -0.0689. The zero-order chi connectivity index (χ0) is 11.7. The predicted molar refractivity (Wildman–Crippen MR) is 66.2 cm³/mol. The maximum Gasteiger partial charge on any atom is 0.127 e. The Morgan fingerprint density at radius 3 is 3.06 bits per heavy atom. The molecule has 2 saturated heterocycles. The highest BCUT2D eigenvalue weighted by Crippen LogP contribution is 2.27. The highest BCUT2D eigenvalue weighted by atomic mass is 19.1. The van der Waals surface area contributed by atoms with Crippen LogP contribution in [0.15, 0.2) is 24.3 Å². The quantitative estimate of drug-likeness (QED) is 0.842. The maximum absolute atomic E-state index is 13.6. The molecule has 3 heteroatoms. The molecule has 0 saturated carbocycles. The van der Waals surface area contributed by atoms with E-state index >= 15 is 0 Å². The fourth-order valence-corrected chi connectivity index (χ4v) is 3.21. The number of hydrogen-bond acceptors (Lipinski definition) is 2. The van der Waals surface area contributed by atoms with Crippen LogP contribution in [0.5, 0.6) is 0 Å². The van der Waals surface area contributed by atoms with Crippen LogP contribution in [0.25, 0.3) is 0 Å². The van der Waals surface area contributed by atoms with Gasteiger partial charge in [0.1, 0.15) is 5.82 Å². The van der Waals surface area contributed by atoms with Gasteiger partial charge in [0.05, 0.1) is 0 Å². The largest absolute Gasteiger partial charge is 0.315 e. The smallest absolute Gasteiger partial charge is 0.127 e. The lowest BCUT2D eigenvalue weighted by Crippen LogP contribution is -2.44. The molecule has 2 aliphatic rings. The standard InChI is InChI=1S/C14H19FN2/c15-13-6-2-1-4-12(13)10-17-7-3-5-11-8-16-9-14(11)17/h1-2,4,6,11,14,16H,3,5,7-10H2. The molecular formula is C14H19FN2. The zero-order valence-corrected chi connectivity index (χ0v) is 10.0. The first-order valence-electron chi connectivity index (χ1n) is 6.53. The summed E-state index contributed by atoms with van der Waals surface area (Å²) in [6.45, 7) is 4.07. The van der Waals surface area contributed by atoms with Gasteiger partial charge in [0.15, 0.2) is 0 Å². The monoisotopic (exact) mass is 234 g/mol. The van der Waals surface area contributed by atoms with E-state index in [1.165, 1.54) is 12.8 Å². The Morgan fingerprint density at radius 1 is 1.29 bits per heavy atom. The molecule has 0 radical (unpaired) electrons. The van der Waals surface area contributed by atoms with Crippen LogP contribution in [0.1, 0.15) is 18.4 Å². The Labute approximate surface area is 102 Å². The van der Waals surface area contributed by atoms with E-state index in [9.17, 15) is 4.39 Å². The summed E-state index contributed by atoms with van der Waals surface area (Å²) in [6.07, 6.45) is 2.57. The van der Waals surface area contributed by atoms with Crippen molar-refractivity contribution < 1.29 is 4.39 Å². The van der Waals surface area contributed by atoms with Gasteiger partial charge in [-0.15, -0.1) is 0 Å². The summed E-state index contributed by atoms with van der Waals surface area (Å²) in [5, 5.41) is 3.46. The van der Waals surface area contributed by atoms with Crippen LogP contribution in [0.4, 0.5) is 4.39 Å². The molecule has 2 atom stereocenters. The first kappa shape index (κ1) is 11.2. The van der Waals surface area contributed by atoms with Crippen LogP contribution in [0, 0.1) is 11.7 Å². The molecule has 0 bridgehead atoms. The van der Waals surface area contributed by atoms with Gasteiger partial charge < -0.3 is 5.32 Å². The molecule has 2 fully saturated rings. The third-order valence-corrected chi connectivity index (χ3v) is 4.12. The van der Waals surface area contributed by atoms with E-state index in [1.54, 1.807) is 12.1 Å². The van der Waals surface area contributed by atoms with Gasteiger partial charge in [-0.2, -0.15) is 0 Å². The molecule has 2 nitrogen and oxygen atoms in total. The summed E-state index contributed by atoms with van der Waals surface area (Å²) in [5.74, 6) is 0.705. The van der Waals surface area contributed by atoms with Crippen molar-refractivity contribution in [3.63, 3.8) is 0 Å². The number of likely N-dealkylation sites (tertiary alicyclic amines) is 1. The molecule has 1 aromatic rings. The number of nitrogens with zero attached hydrogens (tertiary/aromatic N) is 1. The van der Waals surface area contributed by atoms with Crippen molar-refractivity contribution in [3.05, 3.63) is 35.6 Å². The molecule has 2 heterocycles. The van der Waals surface area contributed by atoms with Gasteiger partial charge >= 0.3 is 0 Å². The van der Waals surface area contributed by atoms with Crippen LogP contribution in [-0.4, -0.2) is 30.6 Å². The Kier molecular flexibility index (Phi) is 3.12. The van der Waals surface area contributed by atoms with Crippen LogP contribution >= 0.6 is 0 Å². The van der Waals surface area contributed by atoms with E-state index in [0.717, 1.165) is 37.7 Å². The Morgan fingerprint density at radius 2 is 2.18 bits per heavy atom. The number of nitrogens with one attached hydrogen (secondary N) is 1. The predicted octanol–water partition coefficient (Wildman–Crippen LogP) is 2.01. The van der Waals surface area contributed by atoms with Gasteiger partial charge in [0.2, 0.25) is 0 Å². The van der Waals surface area contributed by atoms with Crippen molar-refractivity contribution in [2.24, 2.45) is 5.92 Å². The number of benzene rings is 1. The van der Waals surface area contributed by atoms with Crippen molar-refractivity contribution >= 4 is 0 Å². The number of piperidine rings is 1. The van der Waals surface area contributed by atoms with Gasteiger partial charge in [-0.05, 0) is 37.9 Å². The van der Waals surface area contributed by atoms with Gasteiger partial charge in [0, 0.05) is 24.7 Å². The lowest BCUT2D eigenvalue weighted by atomic mass is 9.91. The molecule has 1 aromatic carbocycles. The summed E-state index contributed by atoms with van der Waals surface area (Å²) in [7, 11) is 0. The fraction of sp³-hybridized carbons (Fsp3) is 0.571. The average molecular weight is 234 g/mol. The Balaban J connectivity index is 1.74. The third-order valence-electron chi connectivity index (χ3n) is 4.12. The molecule has 0 aliphatic carbocycles. The first-order chi connectivity index (χ1) is 8.34. The number of hydrogen-bond donors (Lipinski definition) is 1.